The van der Waals surface area contributed by atoms with Crippen LogP contribution in [0.3, 0.4) is 0 Å². The Morgan fingerprint density at radius 3 is 2.65 bits per heavy atom. The van der Waals surface area contributed by atoms with Crippen LogP contribution in [0, 0.1) is 5.82 Å². The second-order valence-corrected chi connectivity index (χ2v) is 7.81. The third-order valence-corrected chi connectivity index (χ3v) is 5.42. The van der Waals surface area contributed by atoms with Crippen LogP contribution in [0.1, 0.15) is 25.5 Å². The maximum absolute atomic E-state index is 13.4. The van der Waals surface area contributed by atoms with E-state index >= 15 is 0 Å². The highest BCUT2D eigenvalue weighted by Gasteiger charge is 2.18. The maximum atomic E-state index is 13.4. The molecule has 1 heterocycles. The molecule has 1 N–H and O–H groups in total. The molecule has 0 spiro atoms. The molecule has 0 radical (unpaired) electrons. The quantitative estimate of drug-likeness (QED) is 0.875. The Balaban J connectivity index is 2.28. The highest BCUT2D eigenvalue weighted by Crippen LogP contribution is 2.25. The van der Waals surface area contributed by atoms with Crippen molar-refractivity contribution < 1.29 is 12.8 Å². The molecule has 1 aromatic carbocycles. The predicted molar refractivity (Wildman–Crippen MR) is 81.1 cm³/mol. The summed E-state index contributed by atoms with van der Waals surface area (Å²) in [6.07, 6.45) is 0. The van der Waals surface area contributed by atoms with Crippen molar-refractivity contribution in [3.63, 3.8) is 0 Å². The first kappa shape index (κ1) is 15.4. The lowest BCUT2D eigenvalue weighted by atomic mass is 10.2. The van der Waals surface area contributed by atoms with Crippen LogP contribution in [-0.2, 0) is 10.0 Å². The number of halogens is 2. The molecule has 8 heteroatoms. The van der Waals surface area contributed by atoms with E-state index in [1.807, 2.05) is 13.8 Å². The number of hydrogen-bond acceptors (Lipinski definition) is 4. The molecule has 0 saturated carbocycles. The van der Waals surface area contributed by atoms with E-state index in [9.17, 15) is 12.8 Å². The summed E-state index contributed by atoms with van der Waals surface area (Å²) in [4.78, 5) is 4.05. The molecule has 2 rings (SSSR count). The molecule has 20 heavy (non-hydrogen) atoms. The molecule has 0 amide bonds. The Kier molecular flexibility index (Phi) is 4.46. The zero-order chi connectivity index (χ0) is 14.9. The number of rotatable bonds is 4. The number of nitrogens with one attached hydrogen (secondary N) is 1. The zero-order valence-electron chi connectivity index (χ0n) is 10.7. The molecular formula is C12H12BrFN2O2S2. The van der Waals surface area contributed by atoms with Crippen LogP contribution in [0.2, 0.25) is 0 Å². The van der Waals surface area contributed by atoms with Gasteiger partial charge < -0.3 is 0 Å². The number of hydrogen-bond donors (Lipinski definition) is 1. The number of anilines is 1. The van der Waals surface area contributed by atoms with Gasteiger partial charge in [-0.05, 0) is 40.0 Å². The fraction of sp³-hybridized carbons (Fsp3) is 0.250. The van der Waals surface area contributed by atoms with Gasteiger partial charge in [-0.15, -0.1) is 11.3 Å². The number of sulfonamides is 1. The molecular weight excluding hydrogens is 367 g/mol. The van der Waals surface area contributed by atoms with E-state index in [0.29, 0.717) is 0 Å². The van der Waals surface area contributed by atoms with Crippen LogP contribution >= 0.6 is 27.3 Å². The van der Waals surface area contributed by atoms with Crippen molar-refractivity contribution in [2.75, 3.05) is 4.72 Å². The van der Waals surface area contributed by atoms with Gasteiger partial charge in [0.15, 0.2) is 5.13 Å². The monoisotopic (exact) mass is 378 g/mol. The van der Waals surface area contributed by atoms with Crippen molar-refractivity contribution in [3.05, 3.63) is 39.6 Å². The summed E-state index contributed by atoms with van der Waals surface area (Å²) in [7, 11) is -3.83. The Morgan fingerprint density at radius 2 is 2.10 bits per heavy atom. The average molecular weight is 379 g/mol. The molecule has 0 bridgehead atoms. The van der Waals surface area contributed by atoms with E-state index < -0.39 is 15.8 Å². The summed E-state index contributed by atoms with van der Waals surface area (Å²) in [5, 5.41) is 2.07. The van der Waals surface area contributed by atoms with E-state index in [1.165, 1.54) is 23.5 Å². The SMILES string of the molecule is CC(C)c1csc(NS(=O)(=O)c2ccc(Br)c(F)c2)n1. The van der Waals surface area contributed by atoms with Gasteiger partial charge in [-0.1, -0.05) is 13.8 Å². The van der Waals surface area contributed by atoms with Crippen LogP contribution in [0.4, 0.5) is 9.52 Å². The lowest BCUT2D eigenvalue weighted by Crippen LogP contribution is -2.13. The number of thiazole rings is 1. The van der Waals surface area contributed by atoms with Crippen molar-refractivity contribution >= 4 is 42.4 Å². The Labute approximate surface area is 129 Å². The standard InChI is InChI=1S/C12H12BrFN2O2S2/c1-7(2)11-6-19-12(15-11)16-20(17,18)8-3-4-9(13)10(14)5-8/h3-7H,1-2H3,(H,15,16). The highest BCUT2D eigenvalue weighted by molar-refractivity contribution is 9.10. The Morgan fingerprint density at radius 1 is 1.40 bits per heavy atom. The number of benzene rings is 1. The van der Waals surface area contributed by atoms with Gasteiger partial charge in [0.2, 0.25) is 0 Å². The topological polar surface area (TPSA) is 59.1 Å². The minimum atomic E-state index is -3.83. The fourth-order valence-electron chi connectivity index (χ4n) is 1.42. The molecule has 1 aromatic heterocycles. The van der Waals surface area contributed by atoms with Crippen LogP contribution in [0.15, 0.2) is 32.9 Å². The minimum absolute atomic E-state index is 0.139. The average Bonchev–Trinajstić information content (AvgIpc) is 2.80. The number of aromatic nitrogens is 1. The lowest BCUT2D eigenvalue weighted by Gasteiger charge is -2.06. The van der Waals surface area contributed by atoms with Crippen LogP contribution < -0.4 is 4.72 Å². The van der Waals surface area contributed by atoms with E-state index in [4.69, 9.17) is 0 Å². The third kappa shape index (κ3) is 3.36. The first-order valence-corrected chi connectivity index (χ1v) is 8.88. The van der Waals surface area contributed by atoms with Crippen molar-refractivity contribution in [1.82, 2.24) is 4.98 Å². The van der Waals surface area contributed by atoms with Crippen molar-refractivity contribution in [3.8, 4) is 0 Å². The van der Waals surface area contributed by atoms with Crippen LogP contribution in [0.5, 0.6) is 0 Å². The van der Waals surface area contributed by atoms with Gasteiger partial charge in [-0.2, -0.15) is 0 Å². The summed E-state index contributed by atoms with van der Waals surface area (Å²) < 4.78 is 40.2. The van der Waals surface area contributed by atoms with Crippen LogP contribution in [0.25, 0.3) is 0 Å². The summed E-state index contributed by atoms with van der Waals surface area (Å²) in [5.41, 5.74) is 0.815. The smallest absolute Gasteiger partial charge is 0.255 e. The second kappa shape index (κ2) is 5.79. The van der Waals surface area contributed by atoms with Crippen molar-refractivity contribution in [2.45, 2.75) is 24.7 Å². The molecule has 0 atom stereocenters. The largest absolute Gasteiger partial charge is 0.263 e. The summed E-state index contributed by atoms with van der Waals surface area (Å²) in [6, 6.07) is 3.64. The molecule has 0 aliphatic heterocycles. The first-order chi connectivity index (χ1) is 9.29. The van der Waals surface area contributed by atoms with Gasteiger partial charge in [0.25, 0.3) is 10.0 Å². The molecule has 0 unspecified atom stereocenters. The zero-order valence-corrected chi connectivity index (χ0v) is 13.9. The second-order valence-electron chi connectivity index (χ2n) is 4.41. The first-order valence-electron chi connectivity index (χ1n) is 5.73. The maximum Gasteiger partial charge on any atom is 0.263 e. The normalized spacial score (nSPS) is 11.8. The Hall–Kier alpha value is -0.990. The summed E-state index contributed by atoms with van der Waals surface area (Å²) in [6.45, 7) is 3.94. The molecule has 4 nitrogen and oxygen atoms in total. The van der Waals surface area contributed by atoms with Gasteiger partial charge in [0, 0.05) is 5.38 Å². The lowest BCUT2D eigenvalue weighted by molar-refractivity contribution is 0.593. The van der Waals surface area contributed by atoms with Crippen molar-refractivity contribution in [2.24, 2.45) is 0 Å². The van der Waals surface area contributed by atoms with Crippen molar-refractivity contribution in [1.29, 1.82) is 0 Å². The van der Waals surface area contributed by atoms with Gasteiger partial charge >= 0.3 is 0 Å². The highest BCUT2D eigenvalue weighted by atomic mass is 79.9. The van der Waals surface area contributed by atoms with Gasteiger partial charge in [0.1, 0.15) is 5.82 Å². The van der Waals surface area contributed by atoms with Gasteiger partial charge in [0.05, 0.1) is 15.1 Å². The predicted octanol–water partition coefficient (Wildman–Crippen LogP) is 3.97. The molecule has 0 fully saturated rings. The Bertz CT molecular complexity index is 729. The van der Waals surface area contributed by atoms with E-state index in [2.05, 4.69) is 25.6 Å². The summed E-state index contributed by atoms with van der Waals surface area (Å²) in [5.74, 6) is -0.412. The summed E-state index contributed by atoms with van der Waals surface area (Å²) >= 11 is 4.18. The minimum Gasteiger partial charge on any atom is -0.255 e. The molecule has 108 valence electrons. The van der Waals surface area contributed by atoms with Gasteiger partial charge in [-0.25, -0.2) is 17.8 Å². The van der Waals surface area contributed by atoms with Crippen LogP contribution in [-0.4, -0.2) is 13.4 Å². The third-order valence-electron chi connectivity index (χ3n) is 2.54. The molecule has 2 aromatic rings. The fourth-order valence-corrected chi connectivity index (χ4v) is 3.80. The molecule has 0 aliphatic carbocycles. The van der Waals surface area contributed by atoms with E-state index in [1.54, 1.807) is 5.38 Å². The van der Waals surface area contributed by atoms with E-state index in [0.717, 1.165) is 11.8 Å². The van der Waals surface area contributed by atoms with Gasteiger partial charge in [-0.3, -0.25) is 4.72 Å². The molecule has 0 saturated heterocycles. The number of nitrogens with zero attached hydrogens (tertiary/aromatic N) is 1. The molecule has 0 aliphatic rings. The van der Waals surface area contributed by atoms with E-state index in [-0.39, 0.29) is 20.4 Å².